The fourth-order valence-corrected chi connectivity index (χ4v) is 4.06. The second-order valence-corrected chi connectivity index (χ2v) is 8.53. The van der Waals surface area contributed by atoms with Gasteiger partial charge in [0.1, 0.15) is 0 Å². The highest BCUT2D eigenvalue weighted by atomic mass is 32.2. The van der Waals surface area contributed by atoms with Crippen LogP contribution in [0.15, 0.2) is 83.8 Å². The monoisotopic (exact) mass is 435 g/mol. The number of aryl methyl sites for hydroxylation is 1. The minimum atomic E-state index is -0.184. The second kappa shape index (κ2) is 10.8. The van der Waals surface area contributed by atoms with Gasteiger partial charge in [0.05, 0.1) is 5.25 Å². The molecule has 1 atom stereocenters. The first-order valence-electron chi connectivity index (χ1n) is 9.81. The van der Waals surface area contributed by atoms with Crippen LogP contribution < -0.4 is 16.0 Å². The van der Waals surface area contributed by atoms with Crippen LogP contribution in [-0.2, 0) is 4.79 Å². The van der Waals surface area contributed by atoms with Crippen molar-refractivity contribution < 1.29 is 4.79 Å². The van der Waals surface area contributed by atoms with Crippen molar-refractivity contribution in [1.82, 2.24) is 0 Å². The SMILES string of the molecule is CCC(Sc1cccc(NC(=S)Nc2ccccc2)c1)C(=O)Nc1ccc(C)cc1. The summed E-state index contributed by atoms with van der Waals surface area (Å²) in [5.41, 5.74) is 3.79. The Balaban J connectivity index is 1.60. The van der Waals surface area contributed by atoms with E-state index in [1.54, 1.807) is 11.8 Å². The molecule has 3 N–H and O–H groups in total. The summed E-state index contributed by atoms with van der Waals surface area (Å²) in [5.74, 6) is 0.00554. The Morgan fingerprint density at radius 3 is 2.20 bits per heavy atom. The van der Waals surface area contributed by atoms with Gasteiger partial charge in [-0.1, -0.05) is 48.9 Å². The van der Waals surface area contributed by atoms with Crippen molar-refractivity contribution in [2.45, 2.75) is 30.4 Å². The number of carbonyl (C=O) groups is 1. The molecule has 3 aromatic carbocycles. The Kier molecular flexibility index (Phi) is 7.88. The zero-order chi connectivity index (χ0) is 21.3. The molecule has 4 nitrogen and oxygen atoms in total. The molecule has 6 heteroatoms. The number of hydrogen-bond acceptors (Lipinski definition) is 3. The standard InChI is InChI=1S/C24H25N3OS2/c1-3-22(23(28)25-19-14-12-17(2)13-15-19)30-21-11-7-10-20(16-21)27-24(29)26-18-8-5-4-6-9-18/h4-16,22H,3H2,1-2H3,(H,25,28)(H2,26,27,29). The van der Waals surface area contributed by atoms with Crippen molar-refractivity contribution in [1.29, 1.82) is 0 Å². The Morgan fingerprint density at radius 1 is 0.867 bits per heavy atom. The van der Waals surface area contributed by atoms with Gasteiger partial charge in [-0.25, -0.2) is 0 Å². The van der Waals surface area contributed by atoms with E-state index in [-0.39, 0.29) is 11.2 Å². The average molecular weight is 436 g/mol. The molecule has 30 heavy (non-hydrogen) atoms. The summed E-state index contributed by atoms with van der Waals surface area (Å²) < 4.78 is 0. The van der Waals surface area contributed by atoms with Crippen LogP contribution in [0.3, 0.4) is 0 Å². The largest absolute Gasteiger partial charge is 0.332 e. The van der Waals surface area contributed by atoms with E-state index in [2.05, 4.69) is 16.0 Å². The zero-order valence-corrected chi connectivity index (χ0v) is 18.6. The van der Waals surface area contributed by atoms with Gasteiger partial charge in [-0.3, -0.25) is 4.79 Å². The summed E-state index contributed by atoms with van der Waals surface area (Å²) in [4.78, 5) is 13.7. The third kappa shape index (κ3) is 6.61. The lowest BCUT2D eigenvalue weighted by Crippen LogP contribution is -2.24. The summed E-state index contributed by atoms with van der Waals surface area (Å²) in [6.45, 7) is 4.05. The van der Waals surface area contributed by atoms with E-state index in [4.69, 9.17) is 12.2 Å². The number of benzene rings is 3. The van der Waals surface area contributed by atoms with Crippen molar-refractivity contribution in [3.63, 3.8) is 0 Å². The van der Waals surface area contributed by atoms with Gasteiger partial charge in [0, 0.05) is 22.0 Å². The minimum Gasteiger partial charge on any atom is -0.332 e. The number of rotatable bonds is 7. The average Bonchev–Trinajstić information content (AvgIpc) is 2.74. The van der Waals surface area contributed by atoms with Crippen LogP contribution >= 0.6 is 24.0 Å². The lowest BCUT2D eigenvalue weighted by Gasteiger charge is -2.16. The summed E-state index contributed by atoms with van der Waals surface area (Å²) in [5, 5.41) is 9.71. The molecule has 0 spiro atoms. The Bertz CT molecular complexity index is 991. The van der Waals surface area contributed by atoms with E-state index >= 15 is 0 Å². The molecular weight excluding hydrogens is 410 g/mol. The molecule has 154 valence electrons. The molecule has 1 amide bonds. The molecule has 0 aliphatic carbocycles. The molecule has 0 saturated carbocycles. The quantitative estimate of drug-likeness (QED) is 0.300. The van der Waals surface area contributed by atoms with Crippen LogP contribution in [0.1, 0.15) is 18.9 Å². The second-order valence-electron chi connectivity index (χ2n) is 6.84. The van der Waals surface area contributed by atoms with E-state index in [0.717, 1.165) is 28.4 Å². The molecule has 0 aliphatic rings. The fraction of sp³-hybridized carbons (Fsp3) is 0.167. The number of nitrogens with one attached hydrogen (secondary N) is 3. The molecule has 0 fully saturated rings. The van der Waals surface area contributed by atoms with Crippen molar-refractivity contribution in [2.24, 2.45) is 0 Å². The summed E-state index contributed by atoms with van der Waals surface area (Å²) >= 11 is 6.95. The third-order valence-electron chi connectivity index (χ3n) is 4.38. The number of amides is 1. The van der Waals surface area contributed by atoms with Crippen molar-refractivity contribution >= 4 is 52.1 Å². The van der Waals surface area contributed by atoms with Gasteiger partial charge in [0.15, 0.2) is 5.11 Å². The molecule has 0 saturated heterocycles. The van der Waals surface area contributed by atoms with Gasteiger partial charge in [0.25, 0.3) is 0 Å². The lowest BCUT2D eigenvalue weighted by atomic mass is 10.2. The van der Waals surface area contributed by atoms with Crippen LogP contribution in [-0.4, -0.2) is 16.3 Å². The minimum absolute atomic E-state index is 0.00554. The Morgan fingerprint density at radius 2 is 1.50 bits per heavy atom. The molecule has 3 aromatic rings. The van der Waals surface area contributed by atoms with Crippen molar-refractivity contribution in [3.8, 4) is 0 Å². The number of para-hydroxylation sites is 1. The highest BCUT2D eigenvalue weighted by Gasteiger charge is 2.18. The smallest absolute Gasteiger partial charge is 0.237 e. The van der Waals surface area contributed by atoms with Gasteiger partial charge in [-0.05, 0) is 68.0 Å². The molecule has 1 unspecified atom stereocenters. The molecule has 3 rings (SSSR count). The highest BCUT2D eigenvalue weighted by molar-refractivity contribution is 8.00. The van der Waals surface area contributed by atoms with E-state index in [9.17, 15) is 4.79 Å². The normalized spacial score (nSPS) is 11.4. The topological polar surface area (TPSA) is 53.2 Å². The summed E-state index contributed by atoms with van der Waals surface area (Å²) in [7, 11) is 0. The van der Waals surface area contributed by atoms with E-state index in [0.29, 0.717) is 5.11 Å². The van der Waals surface area contributed by atoms with Crippen molar-refractivity contribution in [2.75, 3.05) is 16.0 Å². The Hall–Kier alpha value is -2.83. The van der Waals surface area contributed by atoms with E-state index < -0.39 is 0 Å². The van der Waals surface area contributed by atoms with Crippen LogP contribution in [0.2, 0.25) is 0 Å². The molecule has 0 radical (unpaired) electrons. The summed E-state index contributed by atoms with van der Waals surface area (Å²) in [6, 6.07) is 25.5. The van der Waals surface area contributed by atoms with Gasteiger partial charge >= 0.3 is 0 Å². The van der Waals surface area contributed by atoms with E-state index in [1.165, 1.54) is 5.56 Å². The van der Waals surface area contributed by atoms with Crippen LogP contribution in [0.5, 0.6) is 0 Å². The first-order chi connectivity index (χ1) is 14.5. The van der Waals surface area contributed by atoms with E-state index in [1.807, 2.05) is 92.7 Å². The molecule has 0 heterocycles. The van der Waals surface area contributed by atoms with Crippen LogP contribution in [0.4, 0.5) is 17.1 Å². The van der Waals surface area contributed by atoms with Gasteiger partial charge < -0.3 is 16.0 Å². The molecular formula is C24H25N3OS2. The molecule has 0 aliphatic heterocycles. The first kappa shape index (κ1) is 21.9. The lowest BCUT2D eigenvalue weighted by molar-refractivity contribution is -0.115. The maximum absolute atomic E-state index is 12.7. The van der Waals surface area contributed by atoms with Crippen LogP contribution in [0, 0.1) is 6.92 Å². The summed E-state index contributed by atoms with van der Waals surface area (Å²) in [6.07, 6.45) is 0.730. The number of anilines is 3. The van der Waals surface area contributed by atoms with Gasteiger partial charge in [0.2, 0.25) is 5.91 Å². The predicted molar refractivity (Wildman–Crippen MR) is 132 cm³/mol. The maximum atomic E-state index is 12.7. The fourth-order valence-electron chi connectivity index (χ4n) is 2.81. The zero-order valence-electron chi connectivity index (χ0n) is 17.0. The third-order valence-corrected chi connectivity index (χ3v) is 5.95. The van der Waals surface area contributed by atoms with Crippen LogP contribution in [0.25, 0.3) is 0 Å². The number of thiocarbonyl (C=S) groups is 1. The number of thioether (sulfide) groups is 1. The highest BCUT2D eigenvalue weighted by Crippen LogP contribution is 2.28. The molecule has 0 aromatic heterocycles. The number of hydrogen-bond donors (Lipinski definition) is 3. The molecule has 0 bridgehead atoms. The Labute approximate surface area is 187 Å². The predicted octanol–water partition coefficient (Wildman–Crippen LogP) is 6.31. The van der Waals surface area contributed by atoms with Gasteiger partial charge in [-0.2, -0.15) is 0 Å². The maximum Gasteiger partial charge on any atom is 0.237 e. The van der Waals surface area contributed by atoms with Crippen molar-refractivity contribution in [3.05, 3.63) is 84.4 Å². The first-order valence-corrected chi connectivity index (χ1v) is 11.1. The number of carbonyl (C=O) groups excluding carboxylic acids is 1. The van der Waals surface area contributed by atoms with Gasteiger partial charge in [-0.15, -0.1) is 11.8 Å².